The quantitative estimate of drug-likeness (QED) is 0.131. The number of ketones is 1. The molecule has 2 N–H and O–H groups in total. The molecule has 0 aliphatic heterocycles. The number of amides is 1. The molecule has 8 nitrogen and oxygen atoms in total. The average Bonchev–Trinajstić information content (AvgIpc) is 3.38. The highest BCUT2D eigenvalue weighted by Gasteiger charge is 2.43. The fraction of sp³-hybridized carbons (Fsp3) is 0.379. The van der Waals surface area contributed by atoms with Crippen LogP contribution in [0.1, 0.15) is 70.6 Å². The van der Waals surface area contributed by atoms with Gasteiger partial charge in [-0.2, -0.15) is 18.3 Å². The highest BCUT2D eigenvalue weighted by Crippen LogP contribution is 2.39. The normalized spacial score (nSPS) is 17.0. The molecule has 1 saturated carbocycles. The summed E-state index contributed by atoms with van der Waals surface area (Å²) in [4.78, 5) is 39.8. The van der Waals surface area contributed by atoms with Crippen molar-refractivity contribution in [1.29, 1.82) is 0 Å². The zero-order valence-corrected chi connectivity index (χ0v) is 23.7. The Morgan fingerprint density at radius 1 is 1.09 bits per heavy atom. The summed E-state index contributed by atoms with van der Waals surface area (Å²) >= 11 is 6.13. The molecule has 4 rings (SSSR count). The molecule has 3 aromatic rings. The molecule has 1 heterocycles. The number of aromatic nitrogens is 2. The van der Waals surface area contributed by atoms with E-state index in [1.54, 1.807) is 6.92 Å². The monoisotopic (exact) mass is 626 g/mol. The van der Waals surface area contributed by atoms with Crippen LogP contribution in [0.4, 0.5) is 27.6 Å². The number of nitrogens with two attached hydrogens (primary N) is 1. The van der Waals surface area contributed by atoms with E-state index in [1.165, 1.54) is 18.2 Å². The number of anilines is 1. The number of hydrogen-bond donors (Lipinski definition) is 1. The van der Waals surface area contributed by atoms with Crippen molar-refractivity contribution in [1.82, 2.24) is 14.7 Å². The molecule has 1 aliphatic rings. The summed E-state index contributed by atoms with van der Waals surface area (Å²) < 4.78 is 77.1. The minimum absolute atomic E-state index is 0.0241. The Balaban J connectivity index is 1.69. The molecule has 14 heteroatoms. The topological polar surface area (TPSA) is 108 Å². The van der Waals surface area contributed by atoms with Crippen LogP contribution in [0.25, 0.3) is 0 Å². The summed E-state index contributed by atoms with van der Waals surface area (Å²) in [5.41, 5.74) is 3.42. The number of carbonyl (C=O) groups excluding carboxylic acids is 3. The molecule has 0 spiro atoms. The number of ether oxygens (including phenoxy) is 1. The number of rotatable bonds is 9. The molecule has 0 bridgehead atoms. The first-order valence-corrected chi connectivity index (χ1v) is 13.8. The number of Topliss-reactive ketones (excluding diaryl/α,β-unsaturated/α-hetero) is 1. The lowest BCUT2D eigenvalue weighted by molar-refractivity contribution is -0.151. The summed E-state index contributed by atoms with van der Waals surface area (Å²) in [6, 6.07) is 5.86. The van der Waals surface area contributed by atoms with Gasteiger partial charge < -0.3 is 15.4 Å². The van der Waals surface area contributed by atoms with Crippen molar-refractivity contribution in [3.63, 3.8) is 0 Å². The van der Waals surface area contributed by atoms with Crippen molar-refractivity contribution < 1.29 is 41.1 Å². The third-order valence-electron chi connectivity index (χ3n) is 7.20. The molecule has 0 unspecified atom stereocenters. The molecule has 43 heavy (non-hydrogen) atoms. The number of carbonyl (C=O) groups is 3. The van der Waals surface area contributed by atoms with Crippen molar-refractivity contribution in [3.8, 4) is 0 Å². The van der Waals surface area contributed by atoms with Gasteiger partial charge in [0.25, 0.3) is 5.91 Å². The lowest BCUT2D eigenvalue weighted by Gasteiger charge is -2.29. The van der Waals surface area contributed by atoms with Crippen LogP contribution < -0.4 is 5.73 Å². The van der Waals surface area contributed by atoms with E-state index >= 15 is 0 Å². The highest BCUT2D eigenvalue weighted by atomic mass is 35.5. The van der Waals surface area contributed by atoms with Gasteiger partial charge >= 0.3 is 12.1 Å². The second-order valence-corrected chi connectivity index (χ2v) is 10.6. The molecule has 0 radical (unpaired) electrons. The van der Waals surface area contributed by atoms with Gasteiger partial charge in [-0.3, -0.25) is 19.1 Å². The van der Waals surface area contributed by atoms with Gasteiger partial charge in [0, 0.05) is 18.3 Å². The van der Waals surface area contributed by atoms with E-state index in [-0.39, 0.29) is 54.1 Å². The maximum Gasteiger partial charge on any atom is 0.433 e. The van der Waals surface area contributed by atoms with Gasteiger partial charge in [0.15, 0.2) is 11.5 Å². The maximum absolute atomic E-state index is 14.5. The van der Waals surface area contributed by atoms with Crippen molar-refractivity contribution in [3.05, 3.63) is 81.6 Å². The first-order chi connectivity index (χ1) is 20.3. The van der Waals surface area contributed by atoms with Crippen LogP contribution in [0.15, 0.2) is 42.6 Å². The fourth-order valence-corrected chi connectivity index (χ4v) is 5.56. The standard InChI is InChI=1S/C29H28ClF5N4O4/c1-2-43-28(42)17-6-8-20(9-7-17)39-26(29(33,34)35)21(13-37-39)27(41)38(14-16-10-18(31)12-19(32)11-16)15-24(40)25-22(30)4-3-5-23(25)36/h3-5,10-13,17,20H,2,6-9,14-15,36H2,1H3/t17-,20-. The van der Waals surface area contributed by atoms with Crippen LogP contribution in [0.2, 0.25) is 5.02 Å². The van der Waals surface area contributed by atoms with Gasteiger partial charge in [-0.25, -0.2) is 8.78 Å². The molecule has 230 valence electrons. The average molecular weight is 627 g/mol. The first kappa shape index (κ1) is 31.9. The van der Waals surface area contributed by atoms with Crippen LogP contribution in [0.3, 0.4) is 0 Å². The SMILES string of the molecule is CCOC(=O)[C@H]1CC[C@H](n2ncc(C(=O)N(CC(=O)c3c(N)cccc3Cl)Cc3cc(F)cc(F)c3)c2C(F)(F)F)CC1. The van der Waals surface area contributed by atoms with E-state index in [4.69, 9.17) is 22.1 Å². The van der Waals surface area contributed by atoms with Crippen molar-refractivity contribution in [2.24, 2.45) is 5.92 Å². The van der Waals surface area contributed by atoms with Crippen molar-refractivity contribution in [2.45, 2.75) is 51.4 Å². The summed E-state index contributed by atoms with van der Waals surface area (Å²) in [7, 11) is 0. The molecular weight excluding hydrogens is 599 g/mol. The fourth-order valence-electron chi connectivity index (χ4n) is 5.27. The minimum atomic E-state index is -5.03. The number of nitrogens with zero attached hydrogens (tertiary/aromatic N) is 3. The molecule has 2 aromatic carbocycles. The molecule has 0 saturated heterocycles. The van der Waals surface area contributed by atoms with Gasteiger partial charge in [-0.15, -0.1) is 0 Å². The molecule has 1 aliphatic carbocycles. The van der Waals surface area contributed by atoms with Crippen LogP contribution in [-0.4, -0.2) is 45.5 Å². The smallest absolute Gasteiger partial charge is 0.433 e. The van der Waals surface area contributed by atoms with Crippen LogP contribution in [0, 0.1) is 17.6 Å². The Hall–Kier alpha value is -4.00. The van der Waals surface area contributed by atoms with Gasteiger partial charge in [0.1, 0.15) is 11.6 Å². The first-order valence-electron chi connectivity index (χ1n) is 13.4. The Labute approximate surface area is 248 Å². The Bertz CT molecular complexity index is 1480. The molecule has 0 atom stereocenters. The summed E-state index contributed by atoms with van der Waals surface area (Å²) in [5.74, 6) is -4.87. The van der Waals surface area contributed by atoms with E-state index in [2.05, 4.69) is 5.10 Å². The minimum Gasteiger partial charge on any atom is -0.466 e. The second-order valence-electron chi connectivity index (χ2n) is 10.2. The Morgan fingerprint density at radius 3 is 2.33 bits per heavy atom. The van der Waals surface area contributed by atoms with E-state index in [1.807, 2.05) is 0 Å². The van der Waals surface area contributed by atoms with Gasteiger partial charge in [-0.05, 0) is 62.4 Å². The molecule has 1 aromatic heterocycles. The lowest BCUT2D eigenvalue weighted by atomic mass is 9.86. The zero-order valence-electron chi connectivity index (χ0n) is 23.0. The number of esters is 1. The number of hydrogen-bond acceptors (Lipinski definition) is 6. The van der Waals surface area contributed by atoms with Crippen LogP contribution in [0.5, 0.6) is 0 Å². The number of nitrogen functional groups attached to an aromatic ring is 1. The second kappa shape index (κ2) is 13.1. The molecular formula is C29H28ClF5N4O4. The third kappa shape index (κ3) is 7.32. The van der Waals surface area contributed by atoms with E-state index < -0.39 is 71.8 Å². The van der Waals surface area contributed by atoms with E-state index in [0.29, 0.717) is 6.07 Å². The number of benzene rings is 2. The van der Waals surface area contributed by atoms with Crippen LogP contribution >= 0.6 is 11.6 Å². The predicted octanol–water partition coefficient (Wildman–Crippen LogP) is 6.24. The van der Waals surface area contributed by atoms with Crippen LogP contribution in [-0.2, 0) is 22.3 Å². The number of alkyl halides is 3. The van der Waals surface area contributed by atoms with Gasteiger partial charge in [0.2, 0.25) is 0 Å². The molecule has 1 fully saturated rings. The van der Waals surface area contributed by atoms with Gasteiger partial charge in [-0.1, -0.05) is 17.7 Å². The summed E-state index contributed by atoms with van der Waals surface area (Å²) in [5, 5.41) is 3.86. The highest BCUT2D eigenvalue weighted by molar-refractivity contribution is 6.34. The third-order valence-corrected chi connectivity index (χ3v) is 7.51. The Morgan fingerprint density at radius 2 is 1.74 bits per heavy atom. The van der Waals surface area contributed by atoms with Crippen molar-refractivity contribution >= 4 is 34.9 Å². The Kier molecular flexibility index (Phi) is 9.73. The summed E-state index contributed by atoms with van der Waals surface area (Å²) in [6.45, 7) is 0.424. The van der Waals surface area contributed by atoms with Crippen molar-refractivity contribution in [2.75, 3.05) is 18.9 Å². The lowest BCUT2D eigenvalue weighted by Crippen LogP contribution is -2.37. The largest absolute Gasteiger partial charge is 0.466 e. The zero-order chi connectivity index (χ0) is 31.5. The number of halogens is 6. The predicted molar refractivity (Wildman–Crippen MR) is 146 cm³/mol. The molecule has 1 amide bonds. The summed E-state index contributed by atoms with van der Waals surface area (Å²) in [6.07, 6.45) is -3.37. The van der Waals surface area contributed by atoms with E-state index in [9.17, 15) is 36.3 Å². The maximum atomic E-state index is 14.5. The van der Waals surface area contributed by atoms with E-state index in [0.717, 1.165) is 27.9 Å². The van der Waals surface area contributed by atoms with Gasteiger partial charge in [0.05, 0.1) is 47.5 Å².